The summed E-state index contributed by atoms with van der Waals surface area (Å²) in [5.41, 5.74) is 5.84. The van der Waals surface area contributed by atoms with E-state index in [9.17, 15) is 9.59 Å². The van der Waals surface area contributed by atoms with Crippen LogP contribution in [0.4, 0.5) is 0 Å². The number of hydrogen-bond donors (Lipinski definition) is 3. The highest BCUT2D eigenvalue weighted by Crippen LogP contribution is 2.11. The molecular weight excluding hydrogens is 366 g/mol. The molecule has 0 aromatic heterocycles. The lowest BCUT2D eigenvalue weighted by molar-refractivity contribution is 0.0934. The molecule has 112 valence electrons. The number of rotatable bonds is 2. The molecule has 0 saturated carbocycles. The van der Waals surface area contributed by atoms with Crippen LogP contribution in [-0.2, 0) is 0 Å². The Bertz CT molecular complexity index is 707. The van der Waals surface area contributed by atoms with Crippen molar-refractivity contribution in [3.63, 3.8) is 0 Å². The number of benzene rings is 2. The van der Waals surface area contributed by atoms with Crippen LogP contribution in [0.2, 0.25) is 0 Å². The lowest BCUT2D eigenvalue weighted by Crippen LogP contribution is -2.48. The molecule has 3 N–H and O–H groups in total. The van der Waals surface area contributed by atoms with E-state index >= 15 is 0 Å². The summed E-state index contributed by atoms with van der Waals surface area (Å²) in [6.07, 6.45) is 0. The normalized spacial score (nSPS) is 9.68. The highest BCUT2D eigenvalue weighted by molar-refractivity contribution is 9.10. The van der Waals surface area contributed by atoms with Gasteiger partial charge in [-0.2, -0.15) is 0 Å². The van der Waals surface area contributed by atoms with Crippen LogP contribution in [-0.4, -0.2) is 16.9 Å². The summed E-state index contributed by atoms with van der Waals surface area (Å²) >= 11 is 8.24. The molecule has 0 saturated heterocycles. The number of nitrogens with one attached hydrogen (secondary N) is 3. The molecule has 2 amide bonds. The van der Waals surface area contributed by atoms with Gasteiger partial charge in [0.2, 0.25) is 0 Å². The predicted molar refractivity (Wildman–Crippen MR) is 91.3 cm³/mol. The molecule has 0 unspecified atom stereocenters. The van der Waals surface area contributed by atoms with Gasteiger partial charge in [-0.25, -0.2) is 0 Å². The molecule has 2 aromatic carbocycles. The van der Waals surface area contributed by atoms with Crippen LogP contribution in [0.25, 0.3) is 0 Å². The summed E-state index contributed by atoms with van der Waals surface area (Å²) in [5, 5.41) is 2.48. The van der Waals surface area contributed by atoms with Gasteiger partial charge >= 0.3 is 0 Å². The van der Waals surface area contributed by atoms with Crippen molar-refractivity contribution in [3.8, 4) is 0 Å². The van der Waals surface area contributed by atoms with Crippen molar-refractivity contribution in [2.75, 3.05) is 0 Å². The maximum atomic E-state index is 11.9. The van der Waals surface area contributed by atoms with Gasteiger partial charge in [-0.15, -0.1) is 0 Å². The van der Waals surface area contributed by atoms with Gasteiger partial charge in [0.1, 0.15) is 0 Å². The van der Waals surface area contributed by atoms with Gasteiger partial charge in [0.25, 0.3) is 11.8 Å². The molecule has 0 atom stereocenters. The molecule has 0 heterocycles. The molecular formula is C15H12BrN3O2S. The van der Waals surface area contributed by atoms with E-state index in [0.717, 1.165) is 4.47 Å². The third-order valence-electron chi connectivity index (χ3n) is 2.64. The summed E-state index contributed by atoms with van der Waals surface area (Å²) < 4.78 is 0.792. The Hall–Kier alpha value is -2.25. The smallest absolute Gasteiger partial charge is 0.269 e. The minimum absolute atomic E-state index is 0.0113. The quantitative estimate of drug-likeness (QED) is 0.555. The Kier molecular flexibility index (Phi) is 5.62. The van der Waals surface area contributed by atoms with Crippen LogP contribution >= 0.6 is 28.1 Å². The number of hydrogen-bond acceptors (Lipinski definition) is 3. The summed E-state index contributed by atoms with van der Waals surface area (Å²) in [6, 6.07) is 15.5. The molecule has 0 radical (unpaired) electrons. The molecule has 0 bridgehead atoms. The fourth-order valence-electron chi connectivity index (χ4n) is 1.61. The second-order valence-electron chi connectivity index (χ2n) is 4.24. The Morgan fingerprint density at radius 3 is 2.23 bits per heavy atom. The average Bonchev–Trinajstić information content (AvgIpc) is 2.53. The van der Waals surface area contributed by atoms with E-state index in [2.05, 4.69) is 32.1 Å². The van der Waals surface area contributed by atoms with E-state index in [1.807, 2.05) is 12.1 Å². The number of carbonyl (C=O) groups excluding carboxylic acids is 2. The lowest BCUT2D eigenvalue weighted by atomic mass is 10.2. The van der Waals surface area contributed by atoms with Crippen LogP contribution in [0.5, 0.6) is 0 Å². The molecule has 0 fully saturated rings. The topological polar surface area (TPSA) is 70.2 Å². The summed E-state index contributed by atoms with van der Waals surface area (Å²) in [4.78, 5) is 23.7. The van der Waals surface area contributed by atoms with E-state index < -0.39 is 0 Å². The van der Waals surface area contributed by atoms with Crippen LogP contribution in [0.1, 0.15) is 20.7 Å². The van der Waals surface area contributed by atoms with E-state index in [1.54, 1.807) is 42.5 Å². The van der Waals surface area contributed by atoms with Gasteiger partial charge < -0.3 is 0 Å². The predicted octanol–water partition coefficient (Wildman–Crippen LogP) is 2.40. The SMILES string of the molecule is O=C(NNC(=S)NC(=O)c1ccccc1)c1cccc(Br)c1. The zero-order valence-electron chi connectivity index (χ0n) is 11.3. The van der Waals surface area contributed by atoms with Gasteiger partial charge in [-0.3, -0.25) is 25.8 Å². The van der Waals surface area contributed by atoms with Crippen molar-refractivity contribution >= 4 is 45.1 Å². The number of carbonyl (C=O) groups is 2. The van der Waals surface area contributed by atoms with E-state index in [4.69, 9.17) is 12.2 Å². The Morgan fingerprint density at radius 1 is 0.864 bits per heavy atom. The first-order chi connectivity index (χ1) is 10.6. The first-order valence-corrected chi connectivity index (χ1v) is 7.48. The minimum Gasteiger partial charge on any atom is -0.298 e. The van der Waals surface area contributed by atoms with Gasteiger partial charge in [-0.05, 0) is 42.5 Å². The van der Waals surface area contributed by atoms with Gasteiger partial charge in [-0.1, -0.05) is 40.2 Å². The highest BCUT2D eigenvalue weighted by Gasteiger charge is 2.09. The first kappa shape index (κ1) is 16.1. The third-order valence-corrected chi connectivity index (χ3v) is 3.34. The van der Waals surface area contributed by atoms with Crippen LogP contribution in [0, 0.1) is 0 Å². The molecule has 0 aliphatic rings. The fraction of sp³-hybridized carbons (Fsp3) is 0. The Labute approximate surface area is 141 Å². The Morgan fingerprint density at radius 2 is 1.55 bits per heavy atom. The van der Waals surface area contributed by atoms with E-state index in [0.29, 0.717) is 11.1 Å². The van der Waals surface area contributed by atoms with Crippen molar-refractivity contribution in [1.82, 2.24) is 16.2 Å². The average molecular weight is 378 g/mol. The molecule has 0 spiro atoms. The van der Waals surface area contributed by atoms with E-state index in [1.165, 1.54) is 0 Å². The lowest BCUT2D eigenvalue weighted by Gasteiger charge is -2.11. The molecule has 5 nitrogen and oxygen atoms in total. The maximum Gasteiger partial charge on any atom is 0.269 e. The number of halogens is 1. The van der Waals surface area contributed by atoms with Gasteiger partial charge in [0, 0.05) is 15.6 Å². The summed E-state index contributed by atoms with van der Waals surface area (Å²) in [5.74, 6) is -0.715. The number of amides is 2. The van der Waals surface area contributed by atoms with Crippen molar-refractivity contribution in [2.24, 2.45) is 0 Å². The number of hydrazine groups is 1. The van der Waals surface area contributed by atoms with Gasteiger partial charge in [0.15, 0.2) is 5.11 Å². The molecule has 0 aliphatic heterocycles. The molecule has 2 rings (SSSR count). The fourth-order valence-corrected chi connectivity index (χ4v) is 2.15. The zero-order valence-corrected chi connectivity index (χ0v) is 13.7. The monoisotopic (exact) mass is 377 g/mol. The number of thiocarbonyl (C=S) groups is 1. The second-order valence-corrected chi connectivity index (χ2v) is 5.56. The largest absolute Gasteiger partial charge is 0.298 e. The van der Waals surface area contributed by atoms with Gasteiger partial charge in [0.05, 0.1) is 0 Å². The van der Waals surface area contributed by atoms with Crippen molar-refractivity contribution in [1.29, 1.82) is 0 Å². The molecule has 22 heavy (non-hydrogen) atoms. The van der Waals surface area contributed by atoms with Crippen molar-refractivity contribution < 1.29 is 9.59 Å². The van der Waals surface area contributed by atoms with Crippen LogP contribution in [0.15, 0.2) is 59.1 Å². The molecule has 7 heteroatoms. The van der Waals surface area contributed by atoms with Crippen LogP contribution in [0.3, 0.4) is 0 Å². The molecule has 0 aliphatic carbocycles. The highest BCUT2D eigenvalue weighted by atomic mass is 79.9. The first-order valence-electron chi connectivity index (χ1n) is 6.28. The Balaban J connectivity index is 1.85. The zero-order chi connectivity index (χ0) is 15.9. The van der Waals surface area contributed by atoms with E-state index in [-0.39, 0.29) is 16.9 Å². The second kappa shape index (κ2) is 7.67. The van der Waals surface area contributed by atoms with Crippen molar-refractivity contribution in [2.45, 2.75) is 0 Å². The molecule has 2 aromatic rings. The third kappa shape index (κ3) is 4.64. The standard InChI is InChI=1S/C15H12BrN3O2S/c16-12-8-4-7-11(9-12)14(21)18-19-15(22)17-13(20)10-5-2-1-3-6-10/h1-9H,(H,18,21)(H2,17,19,20,22). The van der Waals surface area contributed by atoms with Crippen LogP contribution < -0.4 is 16.2 Å². The summed E-state index contributed by atoms with van der Waals surface area (Å²) in [6.45, 7) is 0. The summed E-state index contributed by atoms with van der Waals surface area (Å²) in [7, 11) is 0. The minimum atomic E-state index is -0.363. The maximum absolute atomic E-state index is 11.9. The van der Waals surface area contributed by atoms with Crippen molar-refractivity contribution in [3.05, 3.63) is 70.2 Å².